The monoisotopic (exact) mass is 681 g/mol. The Morgan fingerprint density at radius 1 is 1.10 bits per heavy atom. The van der Waals surface area contributed by atoms with Crippen LogP contribution in [-0.4, -0.2) is 33.3 Å². The number of anilines is 1. The van der Waals surface area contributed by atoms with E-state index in [0.29, 0.717) is 26.9 Å². The second kappa shape index (κ2) is 12.7. The molecule has 12 heteroatoms. The van der Waals surface area contributed by atoms with E-state index in [0.717, 1.165) is 36.6 Å². The lowest BCUT2D eigenvalue weighted by atomic mass is 9.88. The third-order valence-electron chi connectivity index (χ3n) is 6.78. The summed E-state index contributed by atoms with van der Waals surface area (Å²) < 4.78 is 8.12. The quantitative estimate of drug-likeness (QED) is 0.124. The van der Waals surface area contributed by atoms with Gasteiger partial charge < -0.3 is 10.1 Å². The summed E-state index contributed by atoms with van der Waals surface area (Å²) in [5, 5.41) is 19.5. The number of nitrogens with one attached hydrogen (secondary N) is 1. The Balaban J connectivity index is 1.54. The number of nitrogens with zero attached hydrogens (tertiary/aromatic N) is 4. The molecule has 10 nitrogen and oxygen atoms in total. The summed E-state index contributed by atoms with van der Waals surface area (Å²) in [6.07, 6.45) is 6.30. The first-order valence-corrected chi connectivity index (χ1v) is 14.6. The van der Waals surface area contributed by atoms with E-state index in [2.05, 4.69) is 42.3 Å². The molecule has 1 amide bonds. The molecule has 0 spiro atoms. The number of amides is 1. The zero-order valence-corrected chi connectivity index (χ0v) is 24.9. The summed E-state index contributed by atoms with van der Waals surface area (Å²) in [7, 11) is 0. The van der Waals surface area contributed by atoms with Crippen molar-refractivity contribution in [1.82, 2.24) is 9.66 Å². The van der Waals surface area contributed by atoms with Gasteiger partial charge in [0.1, 0.15) is 5.82 Å². The van der Waals surface area contributed by atoms with Gasteiger partial charge >= 0.3 is 5.69 Å². The lowest BCUT2D eigenvalue weighted by molar-refractivity contribution is -0.385. The fourth-order valence-electron chi connectivity index (χ4n) is 4.87. The molecule has 0 aliphatic heterocycles. The lowest BCUT2D eigenvalue weighted by Crippen LogP contribution is -2.25. The zero-order chi connectivity index (χ0) is 28.9. The first-order valence-electron chi connectivity index (χ1n) is 13.0. The summed E-state index contributed by atoms with van der Waals surface area (Å²) >= 11 is 6.73. The van der Waals surface area contributed by atoms with Gasteiger partial charge in [0.2, 0.25) is 5.75 Å². The first kappa shape index (κ1) is 28.6. The van der Waals surface area contributed by atoms with Crippen LogP contribution in [0.25, 0.3) is 10.9 Å². The number of aromatic nitrogens is 2. The fraction of sp³-hybridized carbons (Fsp3) is 0.241. The van der Waals surface area contributed by atoms with Gasteiger partial charge in [-0.1, -0.05) is 69.3 Å². The molecule has 1 heterocycles. The van der Waals surface area contributed by atoms with Crippen molar-refractivity contribution in [3.63, 3.8) is 0 Å². The maximum absolute atomic E-state index is 13.7. The molecule has 5 rings (SSSR count). The van der Waals surface area contributed by atoms with Gasteiger partial charge in [-0.25, -0.2) is 4.98 Å². The normalized spacial score (nSPS) is 13.9. The maximum atomic E-state index is 13.7. The van der Waals surface area contributed by atoms with Crippen molar-refractivity contribution in [2.24, 2.45) is 5.10 Å². The van der Waals surface area contributed by atoms with E-state index >= 15 is 0 Å². The highest BCUT2D eigenvalue weighted by molar-refractivity contribution is 9.10. The standard InChI is InChI=1S/C29H25Br2N5O5/c30-20-11-12-24-23(14-20)29(38)35(28(34-24)18-7-3-1-4-8-18)32-16-19-13-21(31)15-25(36(39)40)27(19)41-17-26(37)33-22-9-5-2-6-10-22/h2,5-6,9-16,18H,1,3-4,7-8,17H2,(H,33,37). The maximum Gasteiger partial charge on any atom is 0.312 e. The largest absolute Gasteiger partial charge is 0.476 e. The number of hydrogen-bond acceptors (Lipinski definition) is 7. The zero-order valence-electron chi connectivity index (χ0n) is 21.8. The predicted molar refractivity (Wildman–Crippen MR) is 164 cm³/mol. The SMILES string of the molecule is O=C(COc1c(C=Nn2c(C3CCCCC3)nc3ccc(Br)cc3c2=O)cc(Br)cc1[N+](=O)[O-])Nc1ccccc1. The van der Waals surface area contributed by atoms with Crippen molar-refractivity contribution in [1.29, 1.82) is 0 Å². The topological polar surface area (TPSA) is 129 Å². The summed E-state index contributed by atoms with van der Waals surface area (Å²) in [6.45, 7) is -0.475. The van der Waals surface area contributed by atoms with Crippen molar-refractivity contribution in [2.75, 3.05) is 11.9 Å². The number of rotatable bonds is 8. The van der Waals surface area contributed by atoms with Gasteiger partial charge in [0.05, 0.1) is 22.0 Å². The number of fused-ring (bicyclic) bond motifs is 1. The minimum absolute atomic E-state index is 0.0518. The highest BCUT2D eigenvalue weighted by atomic mass is 79.9. The van der Waals surface area contributed by atoms with Gasteiger partial charge in [-0.15, -0.1) is 0 Å². The van der Waals surface area contributed by atoms with Crippen LogP contribution in [0.5, 0.6) is 5.75 Å². The van der Waals surface area contributed by atoms with Gasteiger partial charge in [-0.05, 0) is 49.2 Å². The Bertz CT molecular complexity index is 1700. The van der Waals surface area contributed by atoms with Crippen LogP contribution in [-0.2, 0) is 4.79 Å². The molecule has 1 aromatic heterocycles. The number of carbonyl (C=O) groups excluding carboxylic acids is 1. The molecule has 41 heavy (non-hydrogen) atoms. The Morgan fingerprint density at radius 3 is 2.59 bits per heavy atom. The summed E-state index contributed by atoms with van der Waals surface area (Å²) in [4.78, 5) is 42.4. The van der Waals surface area contributed by atoms with Crippen LogP contribution in [0.4, 0.5) is 11.4 Å². The van der Waals surface area contributed by atoms with E-state index in [1.165, 1.54) is 17.0 Å². The van der Waals surface area contributed by atoms with Crippen molar-refractivity contribution in [3.8, 4) is 5.75 Å². The second-order valence-corrected chi connectivity index (χ2v) is 11.5. The number of halogens is 2. The molecule has 0 saturated heterocycles. The van der Waals surface area contributed by atoms with Crippen LogP contribution in [0.2, 0.25) is 0 Å². The van der Waals surface area contributed by atoms with Gasteiger partial charge in [0.15, 0.2) is 6.61 Å². The van der Waals surface area contributed by atoms with Crippen LogP contribution in [0.15, 0.2) is 79.5 Å². The van der Waals surface area contributed by atoms with Crippen LogP contribution in [0, 0.1) is 10.1 Å². The highest BCUT2D eigenvalue weighted by Gasteiger charge is 2.24. The van der Waals surface area contributed by atoms with E-state index < -0.39 is 17.4 Å². The predicted octanol–water partition coefficient (Wildman–Crippen LogP) is 6.78. The number of nitro benzene ring substituents is 1. The molecule has 0 atom stereocenters. The second-order valence-electron chi connectivity index (χ2n) is 9.63. The van der Waals surface area contributed by atoms with E-state index in [4.69, 9.17) is 9.72 Å². The van der Waals surface area contributed by atoms with Crippen molar-refractivity contribution >= 4 is 66.3 Å². The Morgan fingerprint density at radius 2 is 1.85 bits per heavy atom. The summed E-state index contributed by atoms with van der Waals surface area (Å²) in [5.41, 5.74) is 0.667. The third-order valence-corrected chi connectivity index (χ3v) is 7.73. The molecule has 1 saturated carbocycles. The van der Waals surface area contributed by atoms with Crippen LogP contribution < -0.4 is 15.6 Å². The Hall–Kier alpha value is -3.90. The Labute approximate surface area is 251 Å². The van der Waals surface area contributed by atoms with Crippen LogP contribution >= 0.6 is 31.9 Å². The fourth-order valence-corrected chi connectivity index (χ4v) is 5.69. The van der Waals surface area contributed by atoms with E-state index in [9.17, 15) is 19.7 Å². The van der Waals surface area contributed by atoms with Gasteiger partial charge in [-0.3, -0.25) is 19.7 Å². The number of nitro groups is 1. The summed E-state index contributed by atoms with van der Waals surface area (Å²) in [5.74, 6) is -0.0313. The molecular formula is C29H25Br2N5O5. The van der Waals surface area contributed by atoms with E-state index in [-0.39, 0.29) is 28.5 Å². The van der Waals surface area contributed by atoms with Gasteiger partial charge in [0.25, 0.3) is 11.5 Å². The molecule has 1 aliphatic carbocycles. The van der Waals surface area contributed by atoms with E-state index in [1.807, 2.05) is 12.1 Å². The number of hydrogen-bond donors (Lipinski definition) is 1. The van der Waals surface area contributed by atoms with Gasteiger partial charge in [-0.2, -0.15) is 9.78 Å². The lowest BCUT2D eigenvalue weighted by Gasteiger charge is -2.22. The number of ether oxygens (including phenoxy) is 1. The molecule has 4 aromatic rings. The van der Waals surface area contributed by atoms with Crippen LogP contribution in [0.1, 0.15) is 49.4 Å². The smallest absolute Gasteiger partial charge is 0.312 e. The number of carbonyl (C=O) groups is 1. The Kier molecular flexibility index (Phi) is 8.89. The molecule has 1 N–H and O–H groups in total. The molecule has 3 aromatic carbocycles. The highest BCUT2D eigenvalue weighted by Crippen LogP contribution is 2.35. The molecule has 0 radical (unpaired) electrons. The molecule has 210 valence electrons. The van der Waals surface area contributed by atoms with Crippen molar-refractivity contribution in [3.05, 3.63) is 101 Å². The van der Waals surface area contributed by atoms with Crippen molar-refractivity contribution in [2.45, 2.75) is 38.0 Å². The van der Waals surface area contributed by atoms with Crippen molar-refractivity contribution < 1.29 is 14.5 Å². The number of benzene rings is 3. The first-order chi connectivity index (χ1) is 19.8. The molecule has 0 bridgehead atoms. The van der Waals surface area contributed by atoms with Gasteiger partial charge in [0, 0.05) is 32.2 Å². The average Bonchev–Trinajstić information content (AvgIpc) is 2.97. The molecular weight excluding hydrogens is 658 g/mol. The molecule has 0 unspecified atom stereocenters. The van der Waals surface area contributed by atoms with E-state index in [1.54, 1.807) is 42.5 Å². The average molecular weight is 683 g/mol. The minimum atomic E-state index is -0.596. The molecule has 1 fully saturated rings. The molecule has 1 aliphatic rings. The van der Waals surface area contributed by atoms with Crippen LogP contribution in [0.3, 0.4) is 0 Å². The number of para-hydroxylation sites is 1. The third kappa shape index (κ3) is 6.71. The minimum Gasteiger partial charge on any atom is -0.476 e. The summed E-state index contributed by atoms with van der Waals surface area (Å²) in [6, 6.07) is 17.0.